The monoisotopic (exact) mass is 463 g/mol. The SMILES string of the molecule is COCCn1cc(-c2ccc(NC3NN([C@H]4CCCC[C@@H]4C#N)C4CCNC(=O)C34)cc2)cn1. The first-order chi connectivity index (χ1) is 16.7. The summed E-state index contributed by atoms with van der Waals surface area (Å²) in [6, 6.07) is 11.0. The van der Waals surface area contributed by atoms with E-state index in [1.807, 2.05) is 29.2 Å². The van der Waals surface area contributed by atoms with Gasteiger partial charge in [-0.2, -0.15) is 10.4 Å². The van der Waals surface area contributed by atoms with Crippen LogP contribution < -0.4 is 16.1 Å². The van der Waals surface area contributed by atoms with E-state index >= 15 is 0 Å². The van der Waals surface area contributed by atoms with Crippen LogP contribution in [0.25, 0.3) is 11.1 Å². The summed E-state index contributed by atoms with van der Waals surface area (Å²) in [6.07, 6.45) is 8.73. The molecule has 1 amide bonds. The van der Waals surface area contributed by atoms with E-state index in [0.29, 0.717) is 13.2 Å². The van der Waals surface area contributed by atoms with E-state index in [-0.39, 0.29) is 36.0 Å². The third-order valence-corrected chi connectivity index (χ3v) is 7.41. The van der Waals surface area contributed by atoms with Crippen molar-refractivity contribution in [2.24, 2.45) is 11.8 Å². The molecule has 2 saturated heterocycles. The zero-order valence-corrected chi connectivity index (χ0v) is 19.6. The summed E-state index contributed by atoms with van der Waals surface area (Å²) in [5.74, 6) is -0.114. The van der Waals surface area contributed by atoms with E-state index in [4.69, 9.17) is 4.74 Å². The molecule has 180 valence electrons. The Labute approximate surface area is 200 Å². The molecule has 5 atom stereocenters. The summed E-state index contributed by atoms with van der Waals surface area (Å²) in [7, 11) is 1.69. The molecule has 3 fully saturated rings. The second kappa shape index (κ2) is 10.1. The minimum Gasteiger partial charge on any atom is -0.383 e. The van der Waals surface area contributed by atoms with Crippen molar-refractivity contribution in [3.8, 4) is 17.2 Å². The van der Waals surface area contributed by atoms with Gasteiger partial charge in [0.1, 0.15) is 6.17 Å². The molecule has 2 aliphatic heterocycles. The van der Waals surface area contributed by atoms with Gasteiger partial charge in [-0.05, 0) is 37.0 Å². The highest BCUT2D eigenvalue weighted by atomic mass is 16.5. The maximum atomic E-state index is 12.9. The Bertz CT molecular complexity index is 1030. The molecule has 1 saturated carbocycles. The van der Waals surface area contributed by atoms with Crippen molar-refractivity contribution in [3.05, 3.63) is 36.7 Å². The third kappa shape index (κ3) is 4.53. The largest absolute Gasteiger partial charge is 0.383 e. The molecule has 1 aromatic heterocycles. The third-order valence-electron chi connectivity index (χ3n) is 7.41. The maximum Gasteiger partial charge on any atom is 0.228 e. The zero-order chi connectivity index (χ0) is 23.5. The molecule has 3 heterocycles. The van der Waals surface area contributed by atoms with Gasteiger partial charge in [0.15, 0.2) is 0 Å². The summed E-state index contributed by atoms with van der Waals surface area (Å²) < 4.78 is 7.00. The highest BCUT2D eigenvalue weighted by Gasteiger charge is 2.51. The van der Waals surface area contributed by atoms with Crippen LogP contribution in [0.2, 0.25) is 0 Å². The smallest absolute Gasteiger partial charge is 0.228 e. The molecule has 3 N–H and O–H groups in total. The van der Waals surface area contributed by atoms with Crippen LogP contribution in [0.1, 0.15) is 32.1 Å². The number of hydrazine groups is 1. The topological polar surface area (TPSA) is 107 Å². The molecule has 0 spiro atoms. The number of methoxy groups -OCH3 is 1. The molecule has 0 radical (unpaired) electrons. The van der Waals surface area contributed by atoms with Gasteiger partial charge in [-0.15, -0.1) is 0 Å². The highest BCUT2D eigenvalue weighted by molar-refractivity contribution is 5.82. The van der Waals surface area contributed by atoms with Gasteiger partial charge in [0.05, 0.1) is 37.3 Å². The van der Waals surface area contributed by atoms with Crippen molar-refractivity contribution in [1.82, 2.24) is 25.5 Å². The number of ether oxygens (including phenoxy) is 1. The fourth-order valence-electron chi connectivity index (χ4n) is 5.65. The number of hydrogen-bond acceptors (Lipinski definition) is 7. The van der Waals surface area contributed by atoms with Crippen LogP contribution in [0.4, 0.5) is 5.69 Å². The standard InChI is InChI=1S/C25H33N7O2/c1-34-13-12-31-16-19(15-28-31)17-6-8-20(9-7-17)29-24-23-22(10-11-27-25(23)33)32(30-24)21-5-3-2-4-18(21)14-26/h6-9,15-16,18,21-24,29-30H,2-5,10-13H2,1H3,(H,27,33)/t18-,21+,22?,23?,24?/m1/s1. The Balaban J connectivity index is 1.30. The number of rotatable bonds is 7. The fourth-order valence-corrected chi connectivity index (χ4v) is 5.65. The van der Waals surface area contributed by atoms with E-state index in [9.17, 15) is 10.1 Å². The van der Waals surface area contributed by atoms with Crippen LogP contribution in [-0.4, -0.2) is 59.2 Å². The van der Waals surface area contributed by atoms with Crippen LogP contribution in [0.5, 0.6) is 0 Å². The first-order valence-corrected chi connectivity index (χ1v) is 12.3. The van der Waals surface area contributed by atoms with Crippen molar-refractivity contribution in [3.63, 3.8) is 0 Å². The molecule has 9 heteroatoms. The lowest BCUT2D eigenvalue weighted by atomic mass is 9.83. The van der Waals surface area contributed by atoms with Gasteiger partial charge in [0, 0.05) is 43.2 Å². The fraction of sp³-hybridized carbons (Fsp3) is 0.560. The van der Waals surface area contributed by atoms with E-state index in [1.54, 1.807) is 7.11 Å². The average Bonchev–Trinajstić information content (AvgIpc) is 3.49. The number of benzene rings is 1. The molecule has 3 aliphatic rings. The van der Waals surface area contributed by atoms with Crippen LogP contribution in [0.15, 0.2) is 36.7 Å². The van der Waals surface area contributed by atoms with Crippen molar-refractivity contribution in [1.29, 1.82) is 5.26 Å². The summed E-state index contributed by atoms with van der Waals surface area (Å²) in [4.78, 5) is 12.9. The van der Waals surface area contributed by atoms with Crippen LogP contribution in [-0.2, 0) is 16.1 Å². The number of anilines is 1. The number of piperidine rings is 1. The minimum atomic E-state index is -0.214. The second-order valence-corrected chi connectivity index (χ2v) is 9.48. The number of fused-ring (bicyclic) bond motifs is 1. The molecule has 1 aliphatic carbocycles. The number of nitrogens with one attached hydrogen (secondary N) is 3. The van der Waals surface area contributed by atoms with Gasteiger partial charge >= 0.3 is 0 Å². The Hall–Kier alpha value is -2.93. The lowest BCUT2D eigenvalue weighted by Crippen LogP contribution is -2.54. The average molecular weight is 464 g/mol. The summed E-state index contributed by atoms with van der Waals surface area (Å²) >= 11 is 0. The molecule has 3 unspecified atom stereocenters. The first-order valence-electron chi connectivity index (χ1n) is 12.3. The van der Waals surface area contributed by atoms with Gasteiger partial charge in [-0.1, -0.05) is 25.0 Å². The summed E-state index contributed by atoms with van der Waals surface area (Å²) in [5.41, 5.74) is 6.69. The molecule has 2 aromatic rings. The van der Waals surface area contributed by atoms with E-state index in [1.165, 1.54) is 0 Å². The van der Waals surface area contributed by atoms with Gasteiger partial charge in [-0.25, -0.2) is 10.4 Å². The van der Waals surface area contributed by atoms with Crippen molar-refractivity contribution < 1.29 is 9.53 Å². The number of nitrogens with zero attached hydrogens (tertiary/aromatic N) is 4. The number of carbonyl (C=O) groups excluding carboxylic acids is 1. The van der Waals surface area contributed by atoms with Gasteiger partial charge < -0.3 is 15.4 Å². The minimum absolute atomic E-state index is 0.00901. The Morgan fingerprint density at radius 1 is 1.18 bits per heavy atom. The van der Waals surface area contributed by atoms with Gasteiger partial charge in [-0.3, -0.25) is 9.48 Å². The predicted octanol–water partition coefficient (Wildman–Crippen LogP) is 2.34. The lowest BCUT2D eigenvalue weighted by molar-refractivity contribution is -0.128. The number of aromatic nitrogens is 2. The Morgan fingerprint density at radius 2 is 2.00 bits per heavy atom. The molecule has 34 heavy (non-hydrogen) atoms. The van der Waals surface area contributed by atoms with E-state index in [0.717, 1.165) is 55.5 Å². The first kappa shape index (κ1) is 22.8. The van der Waals surface area contributed by atoms with Crippen LogP contribution >= 0.6 is 0 Å². The Morgan fingerprint density at radius 3 is 2.79 bits per heavy atom. The predicted molar refractivity (Wildman–Crippen MR) is 128 cm³/mol. The number of amides is 1. The zero-order valence-electron chi connectivity index (χ0n) is 19.6. The molecule has 5 rings (SSSR count). The van der Waals surface area contributed by atoms with E-state index < -0.39 is 0 Å². The number of carbonyl (C=O) groups is 1. The maximum absolute atomic E-state index is 12.9. The van der Waals surface area contributed by atoms with Gasteiger partial charge in [0.25, 0.3) is 0 Å². The van der Waals surface area contributed by atoms with Crippen LogP contribution in [0.3, 0.4) is 0 Å². The second-order valence-electron chi connectivity index (χ2n) is 9.48. The molecule has 0 bridgehead atoms. The van der Waals surface area contributed by atoms with Crippen molar-refractivity contribution in [2.75, 3.05) is 25.6 Å². The quantitative estimate of drug-likeness (QED) is 0.579. The molecular weight excluding hydrogens is 430 g/mol. The molecule has 1 aromatic carbocycles. The van der Waals surface area contributed by atoms with E-state index in [2.05, 4.69) is 44.4 Å². The van der Waals surface area contributed by atoms with Crippen LogP contribution in [0, 0.1) is 23.2 Å². The van der Waals surface area contributed by atoms with Gasteiger partial charge in [0.2, 0.25) is 5.91 Å². The van der Waals surface area contributed by atoms with Crippen molar-refractivity contribution in [2.45, 2.75) is 56.9 Å². The molecule has 9 nitrogen and oxygen atoms in total. The molecular formula is C25H33N7O2. The lowest BCUT2D eigenvalue weighted by Gasteiger charge is -2.39. The Kier molecular flexibility index (Phi) is 6.81. The summed E-state index contributed by atoms with van der Waals surface area (Å²) in [6.45, 7) is 2.03. The summed E-state index contributed by atoms with van der Waals surface area (Å²) in [5, 5.41) is 23.0. The normalized spacial score (nSPS) is 29.3. The number of hydrogen-bond donors (Lipinski definition) is 3. The van der Waals surface area contributed by atoms with Crippen molar-refractivity contribution >= 4 is 11.6 Å². The number of nitriles is 1. The highest BCUT2D eigenvalue weighted by Crippen LogP contribution is 2.36.